The SMILES string of the molecule is CCOC(=O)N1CCN(C(=O)c2ccc(C)nc2C2CCN(C(=S)NCCC3=CCCCC3)CC2)CC1. The highest BCUT2D eigenvalue weighted by Crippen LogP contribution is 2.30. The van der Waals surface area contributed by atoms with Crippen LogP contribution in [0.3, 0.4) is 0 Å². The van der Waals surface area contributed by atoms with E-state index >= 15 is 0 Å². The number of carbonyl (C=O) groups excluding carboxylic acids is 2. The Balaban J connectivity index is 1.31. The quantitative estimate of drug-likeness (QED) is 0.438. The molecule has 4 rings (SSSR count). The number of aryl methyl sites for hydroxylation is 1. The van der Waals surface area contributed by atoms with Gasteiger partial charge < -0.3 is 24.8 Å². The van der Waals surface area contributed by atoms with Crippen LogP contribution in [0.25, 0.3) is 0 Å². The summed E-state index contributed by atoms with van der Waals surface area (Å²) in [6, 6.07) is 3.85. The van der Waals surface area contributed by atoms with E-state index in [4.69, 9.17) is 21.9 Å². The van der Waals surface area contributed by atoms with E-state index in [9.17, 15) is 9.59 Å². The van der Waals surface area contributed by atoms with Gasteiger partial charge in [-0.2, -0.15) is 0 Å². The Morgan fingerprint density at radius 1 is 1.05 bits per heavy atom. The second kappa shape index (κ2) is 13.2. The maximum Gasteiger partial charge on any atom is 0.409 e. The summed E-state index contributed by atoms with van der Waals surface area (Å²) in [4.78, 5) is 36.1. The van der Waals surface area contributed by atoms with Crippen LogP contribution in [0.2, 0.25) is 0 Å². The molecule has 1 aliphatic carbocycles. The summed E-state index contributed by atoms with van der Waals surface area (Å²) in [5.41, 5.74) is 4.08. The van der Waals surface area contributed by atoms with Crippen molar-refractivity contribution in [2.75, 3.05) is 52.4 Å². The number of likely N-dealkylation sites (tertiary alicyclic amines) is 1. The third-order valence-corrected chi connectivity index (χ3v) is 8.07. The maximum absolute atomic E-state index is 13.5. The highest BCUT2D eigenvalue weighted by atomic mass is 32.1. The van der Waals surface area contributed by atoms with E-state index in [2.05, 4.69) is 16.3 Å². The molecule has 2 amide bonds. The van der Waals surface area contributed by atoms with Gasteiger partial charge in [0.15, 0.2) is 5.11 Å². The Morgan fingerprint density at radius 2 is 1.78 bits per heavy atom. The molecule has 2 saturated heterocycles. The molecule has 0 atom stereocenters. The fourth-order valence-electron chi connectivity index (χ4n) is 5.48. The minimum Gasteiger partial charge on any atom is -0.450 e. The summed E-state index contributed by atoms with van der Waals surface area (Å²) >= 11 is 5.70. The van der Waals surface area contributed by atoms with Gasteiger partial charge in [0.25, 0.3) is 5.91 Å². The Hall–Kier alpha value is -2.68. The second-order valence-corrected chi connectivity index (χ2v) is 10.6. The first-order valence-corrected chi connectivity index (χ1v) is 14.3. The first-order chi connectivity index (χ1) is 18.0. The van der Waals surface area contributed by atoms with Gasteiger partial charge in [-0.1, -0.05) is 11.6 Å². The summed E-state index contributed by atoms with van der Waals surface area (Å²) in [5.74, 6) is 0.230. The summed E-state index contributed by atoms with van der Waals surface area (Å²) < 4.78 is 5.10. The molecule has 202 valence electrons. The first-order valence-electron chi connectivity index (χ1n) is 13.9. The lowest BCUT2D eigenvalue weighted by Crippen LogP contribution is -2.51. The highest BCUT2D eigenvalue weighted by Gasteiger charge is 2.31. The molecule has 8 nitrogen and oxygen atoms in total. The van der Waals surface area contributed by atoms with Gasteiger partial charge in [-0.3, -0.25) is 9.78 Å². The Labute approximate surface area is 226 Å². The lowest BCUT2D eigenvalue weighted by atomic mass is 9.89. The van der Waals surface area contributed by atoms with Gasteiger partial charge in [0.1, 0.15) is 0 Å². The molecule has 3 aliphatic rings. The minimum atomic E-state index is -0.308. The van der Waals surface area contributed by atoms with Crippen molar-refractivity contribution in [3.8, 4) is 0 Å². The molecule has 0 spiro atoms. The number of ether oxygens (including phenoxy) is 1. The van der Waals surface area contributed by atoms with Crippen molar-refractivity contribution in [2.24, 2.45) is 0 Å². The molecule has 3 heterocycles. The summed E-state index contributed by atoms with van der Waals surface area (Å²) in [6.07, 6.45) is 10.1. The van der Waals surface area contributed by atoms with Gasteiger partial charge in [-0.05, 0) is 83.1 Å². The topological polar surface area (TPSA) is 78.0 Å². The standard InChI is InChI=1S/C28H41N5O3S/c1-3-36-28(35)33-19-17-31(18-20-33)26(34)24-10-9-21(2)30-25(24)23-12-15-32(16-13-23)27(37)29-14-11-22-7-5-4-6-8-22/h7,9-10,23H,3-6,8,11-20H2,1-2H3,(H,29,37). The highest BCUT2D eigenvalue weighted by molar-refractivity contribution is 7.80. The van der Waals surface area contributed by atoms with Crippen molar-refractivity contribution in [3.05, 3.63) is 40.7 Å². The summed E-state index contributed by atoms with van der Waals surface area (Å²) in [6.45, 7) is 8.72. The van der Waals surface area contributed by atoms with Crippen molar-refractivity contribution in [1.82, 2.24) is 25.0 Å². The van der Waals surface area contributed by atoms with Crippen LogP contribution in [-0.4, -0.2) is 89.2 Å². The molecule has 9 heteroatoms. The van der Waals surface area contributed by atoms with Gasteiger partial charge in [0.2, 0.25) is 0 Å². The number of hydrogen-bond acceptors (Lipinski definition) is 5. The summed E-state index contributed by atoms with van der Waals surface area (Å²) in [5, 5.41) is 4.29. The van der Waals surface area contributed by atoms with E-state index in [1.807, 2.05) is 24.0 Å². The Morgan fingerprint density at radius 3 is 2.46 bits per heavy atom. The first kappa shape index (κ1) is 27.4. The molecule has 2 aliphatic heterocycles. The Bertz CT molecular complexity index is 998. The van der Waals surface area contributed by atoms with E-state index in [-0.39, 0.29) is 17.9 Å². The van der Waals surface area contributed by atoms with Crippen molar-refractivity contribution in [2.45, 2.75) is 64.7 Å². The van der Waals surface area contributed by atoms with Crippen LogP contribution < -0.4 is 5.32 Å². The molecule has 1 N–H and O–H groups in total. The molecule has 1 aromatic heterocycles. The number of allylic oxidation sites excluding steroid dienone is 1. The lowest BCUT2D eigenvalue weighted by Gasteiger charge is -2.36. The number of nitrogens with one attached hydrogen (secondary N) is 1. The van der Waals surface area contributed by atoms with Gasteiger partial charge >= 0.3 is 6.09 Å². The van der Waals surface area contributed by atoms with Gasteiger partial charge in [-0.25, -0.2) is 4.79 Å². The Kier molecular flexibility index (Phi) is 9.77. The number of hydrogen-bond donors (Lipinski definition) is 1. The molecule has 37 heavy (non-hydrogen) atoms. The predicted octanol–water partition coefficient (Wildman–Crippen LogP) is 4.25. The van der Waals surface area contributed by atoms with Crippen LogP contribution >= 0.6 is 12.2 Å². The zero-order chi connectivity index (χ0) is 26.2. The number of pyridine rings is 1. The molecule has 0 bridgehead atoms. The van der Waals surface area contributed by atoms with Crippen LogP contribution in [0.4, 0.5) is 4.79 Å². The van der Waals surface area contributed by atoms with Crippen molar-refractivity contribution in [3.63, 3.8) is 0 Å². The molecule has 0 unspecified atom stereocenters. The molecular formula is C28H41N5O3S. The van der Waals surface area contributed by atoms with Crippen molar-refractivity contribution < 1.29 is 14.3 Å². The average molecular weight is 528 g/mol. The number of amides is 2. The smallest absolute Gasteiger partial charge is 0.409 e. The molecule has 2 fully saturated rings. The van der Waals surface area contributed by atoms with Crippen LogP contribution in [0.1, 0.15) is 79.5 Å². The van der Waals surface area contributed by atoms with Crippen LogP contribution in [0.15, 0.2) is 23.8 Å². The van der Waals surface area contributed by atoms with Crippen molar-refractivity contribution in [1.29, 1.82) is 0 Å². The minimum absolute atomic E-state index is 0.00245. The maximum atomic E-state index is 13.5. The number of nitrogens with zero attached hydrogens (tertiary/aromatic N) is 4. The molecular weight excluding hydrogens is 486 g/mol. The number of thiocarbonyl (C=S) groups is 1. The number of carbonyl (C=O) groups is 2. The number of piperidine rings is 1. The largest absolute Gasteiger partial charge is 0.450 e. The number of rotatable bonds is 6. The fraction of sp³-hybridized carbons (Fsp3) is 0.643. The van der Waals surface area contributed by atoms with Gasteiger partial charge in [0.05, 0.1) is 17.9 Å². The van der Waals surface area contributed by atoms with E-state index < -0.39 is 0 Å². The van der Waals surface area contributed by atoms with E-state index in [1.165, 1.54) is 25.7 Å². The predicted molar refractivity (Wildman–Crippen MR) is 149 cm³/mol. The molecule has 0 saturated carbocycles. The third-order valence-electron chi connectivity index (χ3n) is 7.66. The number of aromatic nitrogens is 1. The fourth-order valence-corrected chi connectivity index (χ4v) is 5.76. The third kappa shape index (κ3) is 7.21. The van der Waals surface area contributed by atoms with Crippen LogP contribution in [0, 0.1) is 6.92 Å². The lowest BCUT2D eigenvalue weighted by molar-refractivity contribution is 0.0568. The van der Waals surface area contributed by atoms with Crippen LogP contribution in [-0.2, 0) is 4.74 Å². The van der Waals surface area contributed by atoms with Gasteiger partial charge in [-0.15, -0.1) is 0 Å². The zero-order valence-electron chi connectivity index (χ0n) is 22.3. The van der Waals surface area contributed by atoms with E-state index in [1.54, 1.807) is 17.4 Å². The molecule has 0 radical (unpaired) electrons. The second-order valence-electron chi connectivity index (χ2n) is 10.2. The normalized spacial score (nSPS) is 18.9. The summed E-state index contributed by atoms with van der Waals surface area (Å²) in [7, 11) is 0. The zero-order valence-corrected chi connectivity index (χ0v) is 23.2. The molecule has 1 aromatic rings. The van der Waals surface area contributed by atoms with E-state index in [0.29, 0.717) is 38.3 Å². The van der Waals surface area contributed by atoms with Crippen LogP contribution in [0.5, 0.6) is 0 Å². The monoisotopic (exact) mass is 527 g/mol. The van der Waals surface area contributed by atoms with Gasteiger partial charge in [0, 0.05) is 57.4 Å². The number of piperazine rings is 1. The van der Waals surface area contributed by atoms with Crippen molar-refractivity contribution >= 4 is 29.3 Å². The average Bonchev–Trinajstić information content (AvgIpc) is 2.93. The molecule has 0 aromatic carbocycles. The van der Waals surface area contributed by atoms with E-state index in [0.717, 1.165) is 55.4 Å².